The molecular weight excluding hydrogens is 267 g/mol. The largest absolute Gasteiger partial charge is 0.335 e. The number of carbonyl (C=O) groups excluding carboxylic acids is 1. The minimum Gasteiger partial charge on any atom is -0.335 e. The molecule has 0 saturated heterocycles. The fraction of sp³-hybridized carbons (Fsp3) is 0.588. The van der Waals surface area contributed by atoms with Crippen LogP contribution in [0.5, 0.6) is 0 Å². The fourth-order valence-corrected chi connectivity index (χ4v) is 4.30. The molecule has 3 nitrogen and oxygen atoms in total. The van der Waals surface area contributed by atoms with Crippen LogP contribution in [0.15, 0.2) is 24.3 Å². The smallest absolute Gasteiger partial charge is 0.319 e. The van der Waals surface area contributed by atoms with Crippen molar-refractivity contribution in [1.82, 2.24) is 5.32 Å². The van der Waals surface area contributed by atoms with Crippen LogP contribution in [0.4, 0.5) is 14.9 Å². The molecule has 2 bridgehead atoms. The second-order valence-corrected chi connectivity index (χ2v) is 7.24. The summed E-state index contributed by atoms with van der Waals surface area (Å²) in [5.74, 6) is 0.258. The molecule has 1 aromatic carbocycles. The maximum Gasteiger partial charge on any atom is 0.319 e. The summed E-state index contributed by atoms with van der Waals surface area (Å²) in [6, 6.07) is 6.09. The zero-order valence-corrected chi connectivity index (χ0v) is 12.9. The van der Waals surface area contributed by atoms with E-state index in [1.54, 1.807) is 18.2 Å². The number of benzene rings is 1. The fourth-order valence-electron chi connectivity index (χ4n) is 4.30. The van der Waals surface area contributed by atoms with Crippen LogP contribution in [-0.4, -0.2) is 12.1 Å². The van der Waals surface area contributed by atoms with Gasteiger partial charge in [0.1, 0.15) is 5.82 Å². The van der Waals surface area contributed by atoms with Gasteiger partial charge >= 0.3 is 6.03 Å². The number of hydrogen-bond donors (Lipinski definition) is 2. The highest BCUT2D eigenvalue weighted by molar-refractivity contribution is 5.89. The van der Waals surface area contributed by atoms with Crippen molar-refractivity contribution in [3.63, 3.8) is 0 Å². The molecule has 0 aromatic heterocycles. The van der Waals surface area contributed by atoms with Crippen LogP contribution in [0.1, 0.15) is 40.0 Å². The van der Waals surface area contributed by atoms with Crippen molar-refractivity contribution in [2.24, 2.45) is 16.7 Å². The van der Waals surface area contributed by atoms with E-state index in [0.717, 1.165) is 12.8 Å². The Hall–Kier alpha value is -1.58. The topological polar surface area (TPSA) is 41.1 Å². The second-order valence-electron chi connectivity index (χ2n) is 7.24. The molecule has 3 rings (SSSR count). The summed E-state index contributed by atoms with van der Waals surface area (Å²) in [6.07, 6.45) is 3.42. The Bertz CT molecular complexity index is 572. The lowest BCUT2D eigenvalue weighted by Crippen LogP contribution is -2.48. The Morgan fingerprint density at radius 2 is 2.00 bits per heavy atom. The highest BCUT2D eigenvalue weighted by Crippen LogP contribution is 2.65. The molecule has 2 saturated carbocycles. The first-order chi connectivity index (χ1) is 9.84. The van der Waals surface area contributed by atoms with Gasteiger partial charge in [-0.25, -0.2) is 9.18 Å². The molecule has 21 heavy (non-hydrogen) atoms. The third kappa shape index (κ3) is 2.12. The Balaban J connectivity index is 1.68. The minimum atomic E-state index is -0.410. The van der Waals surface area contributed by atoms with Gasteiger partial charge in [0.2, 0.25) is 0 Å². The zero-order valence-electron chi connectivity index (χ0n) is 12.9. The van der Waals surface area contributed by atoms with Crippen molar-refractivity contribution in [3.8, 4) is 0 Å². The number of para-hydroxylation sites is 1. The summed E-state index contributed by atoms with van der Waals surface area (Å²) in [6.45, 7) is 6.89. The van der Waals surface area contributed by atoms with E-state index >= 15 is 0 Å². The summed E-state index contributed by atoms with van der Waals surface area (Å²) in [5.41, 5.74) is 0.607. The second kappa shape index (κ2) is 4.72. The number of anilines is 1. The number of halogens is 1. The molecule has 3 unspecified atom stereocenters. The molecule has 2 fully saturated rings. The van der Waals surface area contributed by atoms with Crippen LogP contribution in [0.25, 0.3) is 0 Å². The van der Waals surface area contributed by atoms with Gasteiger partial charge in [-0.1, -0.05) is 32.9 Å². The van der Waals surface area contributed by atoms with Crippen molar-refractivity contribution >= 4 is 11.7 Å². The number of fused-ring (bicyclic) bond motifs is 2. The maximum absolute atomic E-state index is 13.6. The van der Waals surface area contributed by atoms with Gasteiger partial charge in [0.25, 0.3) is 0 Å². The molecule has 0 radical (unpaired) electrons. The number of amides is 2. The van der Waals surface area contributed by atoms with E-state index < -0.39 is 5.82 Å². The molecule has 0 heterocycles. The van der Waals surface area contributed by atoms with E-state index in [4.69, 9.17) is 0 Å². The van der Waals surface area contributed by atoms with Gasteiger partial charge in [-0.15, -0.1) is 0 Å². The van der Waals surface area contributed by atoms with E-state index in [-0.39, 0.29) is 28.6 Å². The molecule has 0 spiro atoms. The monoisotopic (exact) mass is 290 g/mol. The predicted octanol–water partition coefficient (Wildman–Crippen LogP) is 4.16. The summed E-state index contributed by atoms with van der Waals surface area (Å²) in [5, 5.41) is 5.68. The van der Waals surface area contributed by atoms with Gasteiger partial charge in [0.15, 0.2) is 0 Å². The molecule has 2 aliphatic rings. The molecule has 114 valence electrons. The van der Waals surface area contributed by atoms with Crippen molar-refractivity contribution in [3.05, 3.63) is 30.1 Å². The molecule has 0 aliphatic heterocycles. The lowest BCUT2D eigenvalue weighted by molar-refractivity contribution is 0.125. The van der Waals surface area contributed by atoms with Gasteiger partial charge in [-0.3, -0.25) is 0 Å². The Morgan fingerprint density at radius 3 is 2.57 bits per heavy atom. The molecule has 2 N–H and O–H groups in total. The van der Waals surface area contributed by atoms with Gasteiger partial charge in [-0.05, 0) is 48.1 Å². The third-order valence-corrected chi connectivity index (χ3v) is 6.22. The van der Waals surface area contributed by atoms with E-state index in [1.165, 1.54) is 12.5 Å². The van der Waals surface area contributed by atoms with Crippen LogP contribution < -0.4 is 10.6 Å². The van der Waals surface area contributed by atoms with E-state index in [1.807, 2.05) is 0 Å². The number of rotatable bonds is 2. The predicted molar refractivity (Wildman–Crippen MR) is 81.6 cm³/mol. The summed E-state index contributed by atoms with van der Waals surface area (Å²) in [7, 11) is 0. The maximum atomic E-state index is 13.6. The highest BCUT2D eigenvalue weighted by atomic mass is 19.1. The number of nitrogens with one attached hydrogen (secondary N) is 2. The summed E-state index contributed by atoms with van der Waals surface area (Å²) < 4.78 is 13.6. The van der Waals surface area contributed by atoms with Gasteiger partial charge in [0, 0.05) is 6.04 Å². The average Bonchev–Trinajstić information content (AvgIpc) is 2.74. The Labute approximate surface area is 125 Å². The molecule has 2 aliphatic carbocycles. The molecule has 4 heteroatoms. The highest BCUT2D eigenvalue weighted by Gasteiger charge is 2.61. The van der Waals surface area contributed by atoms with Gasteiger partial charge < -0.3 is 10.6 Å². The lowest BCUT2D eigenvalue weighted by Gasteiger charge is -2.39. The number of carbonyl (C=O) groups is 1. The Morgan fingerprint density at radius 1 is 1.29 bits per heavy atom. The first-order valence-corrected chi connectivity index (χ1v) is 7.66. The first-order valence-electron chi connectivity index (χ1n) is 7.66. The SMILES string of the molecule is CC1(C)C2CCC1(C)C(NC(=O)Nc1ccccc1F)C2. The molecule has 3 atom stereocenters. The first kappa shape index (κ1) is 14.4. The normalized spacial score (nSPS) is 33.0. The van der Waals surface area contributed by atoms with Crippen LogP contribution >= 0.6 is 0 Å². The van der Waals surface area contributed by atoms with Crippen LogP contribution in [0.3, 0.4) is 0 Å². The van der Waals surface area contributed by atoms with Crippen molar-refractivity contribution in [1.29, 1.82) is 0 Å². The van der Waals surface area contributed by atoms with Crippen molar-refractivity contribution in [2.75, 3.05) is 5.32 Å². The molecular formula is C17H23FN2O. The average molecular weight is 290 g/mol. The molecule has 2 amide bonds. The zero-order chi connectivity index (χ0) is 15.3. The van der Waals surface area contributed by atoms with Gasteiger partial charge in [-0.2, -0.15) is 0 Å². The minimum absolute atomic E-state index is 0.129. The van der Waals surface area contributed by atoms with Gasteiger partial charge in [0.05, 0.1) is 5.69 Å². The van der Waals surface area contributed by atoms with E-state index in [9.17, 15) is 9.18 Å². The number of hydrogen-bond acceptors (Lipinski definition) is 1. The lowest BCUT2D eigenvalue weighted by atomic mass is 9.69. The summed E-state index contributed by atoms with van der Waals surface area (Å²) >= 11 is 0. The van der Waals surface area contributed by atoms with Crippen LogP contribution in [0.2, 0.25) is 0 Å². The molecule has 1 aromatic rings. The summed E-state index contributed by atoms with van der Waals surface area (Å²) in [4.78, 5) is 12.2. The standard InChI is InChI=1S/C17H23FN2O/c1-16(2)11-8-9-17(16,3)14(10-11)20-15(21)19-13-7-5-4-6-12(13)18/h4-7,11,14H,8-10H2,1-3H3,(H2,19,20,21). The number of urea groups is 1. The quantitative estimate of drug-likeness (QED) is 0.843. The van der Waals surface area contributed by atoms with Crippen molar-refractivity contribution in [2.45, 2.75) is 46.1 Å². The van der Waals surface area contributed by atoms with Crippen molar-refractivity contribution < 1.29 is 9.18 Å². The van der Waals surface area contributed by atoms with E-state index in [2.05, 4.69) is 31.4 Å². The Kier molecular flexibility index (Phi) is 3.23. The third-order valence-electron chi connectivity index (χ3n) is 6.22. The van der Waals surface area contributed by atoms with Crippen LogP contribution in [0, 0.1) is 22.6 Å². The van der Waals surface area contributed by atoms with Crippen LogP contribution in [-0.2, 0) is 0 Å². The van der Waals surface area contributed by atoms with E-state index in [0.29, 0.717) is 5.92 Å².